The zero-order valence-electron chi connectivity index (χ0n) is 12.2. The number of halogens is 1. The molecule has 0 amide bonds. The van der Waals surface area contributed by atoms with Crippen molar-refractivity contribution in [2.45, 2.75) is 25.5 Å². The Morgan fingerprint density at radius 1 is 1.50 bits per heavy atom. The highest BCUT2D eigenvalue weighted by Crippen LogP contribution is 2.29. The summed E-state index contributed by atoms with van der Waals surface area (Å²) in [5.41, 5.74) is 1.57. The van der Waals surface area contributed by atoms with E-state index in [0.29, 0.717) is 13.2 Å². The lowest BCUT2D eigenvalue weighted by molar-refractivity contribution is 0.0839. The fourth-order valence-corrected chi connectivity index (χ4v) is 2.68. The summed E-state index contributed by atoms with van der Waals surface area (Å²) in [5.74, 6) is 0. The molecule has 1 aromatic carbocycles. The molecule has 0 radical (unpaired) electrons. The van der Waals surface area contributed by atoms with Gasteiger partial charge in [-0.3, -0.25) is 0 Å². The highest BCUT2D eigenvalue weighted by molar-refractivity contribution is 6.31. The molecule has 0 spiro atoms. The molecule has 5 heteroatoms. The Morgan fingerprint density at radius 3 is 2.90 bits per heavy atom. The summed E-state index contributed by atoms with van der Waals surface area (Å²) in [6.07, 6.45) is 0.797. The van der Waals surface area contributed by atoms with Crippen molar-refractivity contribution in [2.75, 3.05) is 38.3 Å². The number of aliphatic hydroxyl groups is 1. The summed E-state index contributed by atoms with van der Waals surface area (Å²) in [7, 11) is 1.69. The third kappa shape index (κ3) is 4.09. The number of rotatable bonds is 6. The zero-order valence-corrected chi connectivity index (χ0v) is 12.9. The SMILES string of the molecule is COCCNCc1ccc(N2CCC(C)(O)C2)cc1Cl. The number of hydrogen-bond donors (Lipinski definition) is 2. The quantitative estimate of drug-likeness (QED) is 0.789. The fourth-order valence-electron chi connectivity index (χ4n) is 2.44. The van der Waals surface area contributed by atoms with E-state index in [1.807, 2.05) is 19.1 Å². The molecule has 20 heavy (non-hydrogen) atoms. The van der Waals surface area contributed by atoms with E-state index in [1.54, 1.807) is 7.11 Å². The monoisotopic (exact) mass is 298 g/mol. The van der Waals surface area contributed by atoms with Crippen molar-refractivity contribution in [1.82, 2.24) is 5.32 Å². The van der Waals surface area contributed by atoms with Gasteiger partial charge in [-0.25, -0.2) is 0 Å². The van der Waals surface area contributed by atoms with E-state index in [9.17, 15) is 5.11 Å². The van der Waals surface area contributed by atoms with E-state index in [4.69, 9.17) is 16.3 Å². The molecule has 112 valence electrons. The van der Waals surface area contributed by atoms with Gasteiger partial charge in [0, 0.05) is 44.0 Å². The Bertz CT molecular complexity index is 451. The van der Waals surface area contributed by atoms with Gasteiger partial charge in [0.05, 0.1) is 12.2 Å². The second kappa shape index (κ2) is 6.76. The standard InChI is InChI=1S/C15H23ClN2O2/c1-15(19)5-7-18(11-15)13-4-3-12(14(16)9-13)10-17-6-8-20-2/h3-4,9,17,19H,5-8,10-11H2,1-2H3. The number of β-amino-alcohol motifs (C(OH)–C–C–N with tert-alkyl or cyclic N) is 1. The van der Waals surface area contributed by atoms with E-state index >= 15 is 0 Å². The van der Waals surface area contributed by atoms with Crippen LogP contribution in [0.25, 0.3) is 0 Å². The Morgan fingerprint density at radius 2 is 2.30 bits per heavy atom. The number of hydrogen-bond acceptors (Lipinski definition) is 4. The van der Waals surface area contributed by atoms with Crippen molar-refractivity contribution >= 4 is 17.3 Å². The molecule has 1 atom stereocenters. The van der Waals surface area contributed by atoms with Crippen molar-refractivity contribution in [3.63, 3.8) is 0 Å². The average Bonchev–Trinajstić information content (AvgIpc) is 2.76. The molecule has 0 aromatic heterocycles. The minimum atomic E-state index is -0.590. The molecular formula is C15H23ClN2O2. The first-order valence-corrected chi connectivity index (χ1v) is 7.35. The molecule has 0 bridgehead atoms. The minimum absolute atomic E-state index is 0.590. The molecule has 2 N–H and O–H groups in total. The van der Waals surface area contributed by atoms with Crippen LogP contribution in [0.4, 0.5) is 5.69 Å². The number of anilines is 1. The molecule has 0 saturated carbocycles. The van der Waals surface area contributed by atoms with Crippen molar-refractivity contribution in [2.24, 2.45) is 0 Å². The maximum Gasteiger partial charge on any atom is 0.0810 e. The van der Waals surface area contributed by atoms with Gasteiger partial charge in [-0.05, 0) is 31.0 Å². The summed E-state index contributed by atoms with van der Waals surface area (Å²) >= 11 is 6.33. The molecule has 1 aromatic rings. The van der Waals surface area contributed by atoms with Crippen LogP contribution in [0, 0.1) is 0 Å². The van der Waals surface area contributed by atoms with E-state index < -0.39 is 5.60 Å². The lowest BCUT2D eigenvalue weighted by atomic mass is 10.1. The van der Waals surface area contributed by atoms with Crippen LogP contribution in [0.15, 0.2) is 18.2 Å². The smallest absolute Gasteiger partial charge is 0.0810 e. The topological polar surface area (TPSA) is 44.7 Å². The first kappa shape index (κ1) is 15.6. The largest absolute Gasteiger partial charge is 0.388 e. The van der Waals surface area contributed by atoms with Crippen LogP contribution in [0.3, 0.4) is 0 Å². The van der Waals surface area contributed by atoms with E-state index in [-0.39, 0.29) is 0 Å². The first-order valence-electron chi connectivity index (χ1n) is 6.97. The molecule has 1 fully saturated rings. The van der Waals surface area contributed by atoms with Crippen LogP contribution >= 0.6 is 11.6 Å². The summed E-state index contributed by atoms with van der Waals surface area (Å²) in [4.78, 5) is 2.17. The van der Waals surface area contributed by atoms with Crippen LogP contribution in [0.2, 0.25) is 5.02 Å². The van der Waals surface area contributed by atoms with Crippen molar-refractivity contribution in [3.05, 3.63) is 28.8 Å². The van der Waals surface area contributed by atoms with Gasteiger partial charge in [0.15, 0.2) is 0 Å². The molecular weight excluding hydrogens is 276 g/mol. The summed E-state index contributed by atoms with van der Waals surface area (Å²) < 4.78 is 4.99. The van der Waals surface area contributed by atoms with Gasteiger partial charge in [0.25, 0.3) is 0 Å². The zero-order chi connectivity index (χ0) is 14.6. The average molecular weight is 299 g/mol. The van der Waals surface area contributed by atoms with Crippen LogP contribution in [-0.4, -0.2) is 44.1 Å². The summed E-state index contributed by atoms with van der Waals surface area (Å²) in [6.45, 7) is 5.65. The van der Waals surface area contributed by atoms with Crippen LogP contribution in [-0.2, 0) is 11.3 Å². The number of nitrogens with zero attached hydrogens (tertiary/aromatic N) is 1. The highest BCUT2D eigenvalue weighted by atomic mass is 35.5. The fraction of sp³-hybridized carbons (Fsp3) is 0.600. The third-order valence-corrected chi connectivity index (χ3v) is 4.00. The maximum atomic E-state index is 10.0. The predicted octanol–water partition coefficient (Wildman–Crippen LogP) is 2.04. The van der Waals surface area contributed by atoms with Gasteiger partial charge in [-0.2, -0.15) is 0 Å². The van der Waals surface area contributed by atoms with E-state index in [1.165, 1.54) is 0 Å². The van der Waals surface area contributed by atoms with Gasteiger partial charge in [-0.1, -0.05) is 17.7 Å². The Balaban J connectivity index is 1.95. The predicted molar refractivity (Wildman–Crippen MR) is 82.5 cm³/mol. The highest BCUT2D eigenvalue weighted by Gasteiger charge is 2.31. The van der Waals surface area contributed by atoms with Crippen LogP contribution in [0.5, 0.6) is 0 Å². The van der Waals surface area contributed by atoms with Gasteiger partial charge < -0.3 is 20.1 Å². The Hall–Kier alpha value is -0.810. The number of ether oxygens (including phenoxy) is 1. The number of benzene rings is 1. The van der Waals surface area contributed by atoms with Gasteiger partial charge in [0.2, 0.25) is 0 Å². The van der Waals surface area contributed by atoms with E-state index in [0.717, 1.165) is 42.3 Å². The van der Waals surface area contributed by atoms with Gasteiger partial charge >= 0.3 is 0 Å². The Labute approximate surface area is 125 Å². The molecule has 1 aliphatic heterocycles. The number of nitrogens with one attached hydrogen (secondary N) is 1. The van der Waals surface area contributed by atoms with Crippen molar-refractivity contribution in [3.8, 4) is 0 Å². The van der Waals surface area contributed by atoms with E-state index in [2.05, 4.69) is 16.3 Å². The van der Waals surface area contributed by atoms with Crippen LogP contribution in [0.1, 0.15) is 18.9 Å². The molecule has 1 heterocycles. The summed E-state index contributed by atoms with van der Waals surface area (Å²) in [6, 6.07) is 6.10. The molecule has 1 unspecified atom stereocenters. The second-order valence-electron chi connectivity index (χ2n) is 5.61. The normalized spacial score (nSPS) is 22.5. The molecule has 1 saturated heterocycles. The number of methoxy groups -OCH3 is 1. The maximum absolute atomic E-state index is 10.0. The van der Waals surface area contributed by atoms with Gasteiger partial charge in [-0.15, -0.1) is 0 Å². The third-order valence-electron chi connectivity index (χ3n) is 3.65. The first-order chi connectivity index (χ1) is 9.52. The Kier molecular flexibility index (Phi) is 5.27. The van der Waals surface area contributed by atoms with Crippen molar-refractivity contribution in [1.29, 1.82) is 0 Å². The minimum Gasteiger partial charge on any atom is -0.388 e. The second-order valence-corrected chi connectivity index (χ2v) is 6.02. The summed E-state index contributed by atoms with van der Waals surface area (Å²) in [5, 5.41) is 14.1. The molecule has 1 aliphatic rings. The van der Waals surface area contributed by atoms with Gasteiger partial charge in [0.1, 0.15) is 0 Å². The molecule has 0 aliphatic carbocycles. The van der Waals surface area contributed by atoms with Crippen LogP contribution < -0.4 is 10.2 Å². The van der Waals surface area contributed by atoms with Crippen molar-refractivity contribution < 1.29 is 9.84 Å². The molecule has 4 nitrogen and oxygen atoms in total. The molecule has 2 rings (SSSR count). The lowest BCUT2D eigenvalue weighted by Gasteiger charge is -2.21. The lowest BCUT2D eigenvalue weighted by Crippen LogP contribution is -2.29.